The van der Waals surface area contributed by atoms with Crippen LogP contribution < -0.4 is 0 Å². The van der Waals surface area contributed by atoms with E-state index in [4.69, 9.17) is 0 Å². The molecule has 0 unspecified atom stereocenters. The maximum absolute atomic E-state index is 12.2. The Hall–Kier alpha value is -1.46. The summed E-state index contributed by atoms with van der Waals surface area (Å²) >= 11 is 0. The van der Waals surface area contributed by atoms with Crippen LogP contribution in [0, 0.1) is 0 Å². The van der Waals surface area contributed by atoms with Gasteiger partial charge in [0.1, 0.15) is 0 Å². The van der Waals surface area contributed by atoms with Gasteiger partial charge in [0.05, 0.1) is 12.0 Å². The predicted octanol–water partition coefficient (Wildman–Crippen LogP) is 7.24. The molecular formula is C25H40O4S. The van der Waals surface area contributed by atoms with Gasteiger partial charge < -0.3 is 0 Å². The minimum atomic E-state index is -3.70. The highest BCUT2D eigenvalue weighted by Crippen LogP contribution is 2.16. The van der Waals surface area contributed by atoms with Gasteiger partial charge in [0.15, 0.2) is 5.78 Å². The van der Waals surface area contributed by atoms with Crippen LogP contribution in [0.25, 0.3) is 0 Å². The van der Waals surface area contributed by atoms with Crippen molar-refractivity contribution in [2.24, 2.45) is 0 Å². The molecule has 0 aliphatic rings. The van der Waals surface area contributed by atoms with Crippen molar-refractivity contribution in [3.05, 3.63) is 42.0 Å². The normalized spacial score (nSPS) is 11.9. The molecular weight excluding hydrogens is 396 g/mol. The highest BCUT2D eigenvalue weighted by molar-refractivity contribution is 7.86. The molecule has 0 spiro atoms. The first-order valence-corrected chi connectivity index (χ1v) is 13.0. The highest BCUT2D eigenvalue weighted by Gasteiger charge is 2.13. The van der Waals surface area contributed by atoms with Crippen LogP contribution in [0.2, 0.25) is 0 Å². The Labute approximate surface area is 184 Å². The van der Waals surface area contributed by atoms with Crippen LogP contribution >= 0.6 is 0 Å². The minimum Gasteiger partial charge on any atom is -0.294 e. The fourth-order valence-electron chi connectivity index (χ4n) is 3.40. The largest absolute Gasteiger partial charge is 0.296 e. The van der Waals surface area contributed by atoms with Crippen molar-refractivity contribution in [3.63, 3.8) is 0 Å². The van der Waals surface area contributed by atoms with Gasteiger partial charge in [-0.2, -0.15) is 8.42 Å². The Balaban J connectivity index is 2.04. The molecule has 0 saturated carbocycles. The van der Waals surface area contributed by atoms with E-state index in [2.05, 4.69) is 23.3 Å². The molecule has 5 heteroatoms. The molecule has 4 nitrogen and oxygen atoms in total. The molecule has 30 heavy (non-hydrogen) atoms. The number of unbranched alkanes of at least 4 members (excludes halogenated alkanes) is 11. The van der Waals surface area contributed by atoms with Gasteiger partial charge in [0.25, 0.3) is 10.1 Å². The van der Waals surface area contributed by atoms with Crippen molar-refractivity contribution in [2.45, 2.75) is 102 Å². The summed E-state index contributed by atoms with van der Waals surface area (Å²) in [6.07, 6.45) is 21.2. The fourth-order valence-corrected chi connectivity index (χ4v) is 4.07. The summed E-state index contributed by atoms with van der Waals surface area (Å²) in [4.78, 5) is 12.3. The van der Waals surface area contributed by atoms with E-state index in [-0.39, 0.29) is 10.7 Å². The van der Waals surface area contributed by atoms with Crippen molar-refractivity contribution in [3.8, 4) is 0 Å². The van der Waals surface area contributed by atoms with Crippen molar-refractivity contribution in [1.82, 2.24) is 0 Å². The van der Waals surface area contributed by atoms with E-state index >= 15 is 0 Å². The van der Waals surface area contributed by atoms with Gasteiger partial charge in [0, 0.05) is 12.0 Å². The Bertz CT molecular complexity index is 705. The molecule has 0 fully saturated rings. The monoisotopic (exact) mass is 436 g/mol. The summed E-state index contributed by atoms with van der Waals surface area (Å²) in [5, 5.41) is 0. The van der Waals surface area contributed by atoms with E-state index in [1.807, 2.05) is 0 Å². The summed E-state index contributed by atoms with van der Waals surface area (Å²) in [7, 11) is -2.57. The molecule has 1 aromatic rings. The second kappa shape index (κ2) is 16.3. The Morgan fingerprint density at radius 3 is 1.83 bits per heavy atom. The minimum absolute atomic E-state index is 0.0639. The third-order valence-electron chi connectivity index (χ3n) is 5.35. The number of allylic oxidation sites excluding steroid dienone is 2. The molecule has 0 saturated heterocycles. The highest BCUT2D eigenvalue weighted by atomic mass is 32.2. The average molecular weight is 437 g/mol. The van der Waals surface area contributed by atoms with E-state index in [1.165, 1.54) is 69.9 Å². The quantitative estimate of drug-likeness (QED) is 0.105. The van der Waals surface area contributed by atoms with E-state index < -0.39 is 10.1 Å². The van der Waals surface area contributed by atoms with E-state index in [0.717, 1.165) is 32.8 Å². The zero-order valence-electron chi connectivity index (χ0n) is 18.9. The van der Waals surface area contributed by atoms with Gasteiger partial charge >= 0.3 is 0 Å². The number of carbonyl (C=O) groups excluding carboxylic acids is 1. The van der Waals surface area contributed by atoms with E-state index in [1.54, 1.807) is 12.1 Å². The van der Waals surface area contributed by atoms with E-state index in [9.17, 15) is 13.2 Å². The topological polar surface area (TPSA) is 60.4 Å². The molecule has 0 bridgehead atoms. The summed E-state index contributed by atoms with van der Waals surface area (Å²) in [5.74, 6) is 0.0639. The van der Waals surface area contributed by atoms with E-state index in [0.29, 0.717) is 12.0 Å². The predicted molar refractivity (Wildman–Crippen MR) is 124 cm³/mol. The van der Waals surface area contributed by atoms with Crippen LogP contribution in [-0.2, 0) is 14.3 Å². The zero-order valence-corrected chi connectivity index (χ0v) is 19.7. The first-order valence-electron chi connectivity index (χ1n) is 11.6. The molecule has 0 aliphatic carbocycles. The average Bonchev–Trinajstić information content (AvgIpc) is 2.76. The molecule has 0 radical (unpaired) electrons. The number of carbonyl (C=O) groups is 1. The van der Waals surface area contributed by atoms with Gasteiger partial charge in [-0.25, -0.2) is 0 Å². The Kier molecular flexibility index (Phi) is 14.4. The lowest BCUT2D eigenvalue weighted by molar-refractivity contribution is 0.0979. The van der Waals surface area contributed by atoms with Crippen molar-refractivity contribution >= 4 is 15.9 Å². The molecule has 1 aromatic carbocycles. The lowest BCUT2D eigenvalue weighted by Crippen LogP contribution is -2.04. The number of hydrogen-bond donors (Lipinski definition) is 0. The van der Waals surface area contributed by atoms with Crippen LogP contribution in [0.3, 0.4) is 0 Å². The smallest absolute Gasteiger partial charge is 0.294 e. The van der Waals surface area contributed by atoms with Gasteiger partial charge in [-0.1, -0.05) is 82.6 Å². The Morgan fingerprint density at radius 1 is 0.800 bits per heavy atom. The molecule has 1 rings (SSSR count). The molecule has 0 atom stereocenters. The molecule has 0 N–H and O–H groups in total. The van der Waals surface area contributed by atoms with Gasteiger partial charge in [-0.3, -0.25) is 8.98 Å². The maximum atomic E-state index is 12.2. The number of ketones is 1. The Morgan fingerprint density at radius 2 is 1.30 bits per heavy atom. The lowest BCUT2D eigenvalue weighted by atomic mass is 10.0. The van der Waals surface area contributed by atoms with Crippen LogP contribution in [0.1, 0.15) is 107 Å². The SMILES string of the molecule is CCCCCCCC/C=C\CCCCCCCC(=O)c1ccc(S(=O)(=O)OC)cc1. The number of Topliss-reactive ketones (excluding diaryl/α,β-unsaturated/α-hetero) is 1. The first-order chi connectivity index (χ1) is 14.5. The van der Waals surface area contributed by atoms with Gasteiger partial charge in [0.2, 0.25) is 0 Å². The zero-order chi connectivity index (χ0) is 22.1. The number of hydrogen-bond acceptors (Lipinski definition) is 4. The molecule has 0 aliphatic heterocycles. The summed E-state index contributed by atoms with van der Waals surface area (Å²) in [5.41, 5.74) is 0.556. The third-order valence-corrected chi connectivity index (χ3v) is 6.64. The van der Waals surface area contributed by atoms with Gasteiger partial charge in [-0.15, -0.1) is 0 Å². The number of rotatable bonds is 18. The summed E-state index contributed by atoms with van der Waals surface area (Å²) in [6, 6.07) is 5.97. The maximum Gasteiger partial charge on any atom is 0.296 e. The van der Waals surface area contributed by atoms with Crippen molar-refractivity contribution in [1.29, 1.82) is 0 Å². The second-order valence-electron chi connectivity index (χ2n) is 7.90. The first kappa shape index (κ1) is 26.6. The molecule has 170 valence electrons. The summed E-state index contributed by atoms with van der Waals surface area (Å²) in [6.45, 7) is 2.25. The van der Waals surface area contributed by atoms with Crippen LogP contribution in [0.15, 0.2) is 41.3 Å². The summed E-state index contributed by atoms with van der Waals surface area (Å²) < 4.78 is 27.7. The molecule has 0 amide bonds. The number of benzene rings is 1. The van der Waals surface area contributed by atoms with Crippen LogP contribution in [0.5, 0.6) is 0 Å². The standard InChI is InChI=1S/C25H40O4S/c1-3-4-5-6-7-8-9-10-11-12-13-14-15-16-17-18-25(26)23-19-21-24(22-20-23)30(27,28)29-2/h10-11,19-22H,3-9,12-18H2,1-2H3/b11-10-. The third kappa shape index (κ3) is 11.7. The van der Waals surface area contributed by atoms with Crippen LogP contribution in [0.4, 0.5) is 0 Å². The lowest BCUT2D eigenvalue weighted by Gasteiger charge is -2.04. The fraction of sp³-hybridized carbons (Fsp3) is 0.640. The second-order valence-corrected chi connectivity index (χ2v) is 9.62. The molecule has 0 heterocycles. The van der Waals surface area contributed by atoms with Crippen molar-refractivity contribution in [2.75, 3.05) is 7.11 Å². The molecule has 0 aromatic heterocycles. The van der Waals surface area contributed by atoms with Crippen molar-refractivity contribution < 1.29 is 17.4 Å². The van der Waals surface area contributed by atoms with Gasteiger partial charge in [-0.05, 0) is 44.2 Å². The van der Waals surface area contributed by atoms with Crippen LogP contribution in [-0.4, -0.2) is 21.3 Å².